The Bertz CT molecular complexity index is 11.6. The van der Waals surface area contributed by atoms with Gasteiger partial charge in [0.15, 0.2) is 0 Å². The van der Waals surface area contributed by atoms with Crippen molar-refractivity contribution in [2.45, 2.75) is 0 Å². The van der Waals surface area contributed by atoms with Crippen molar-refractivity contribution in [3.63, 3.8) is 0 Å². The zero-order chi connectivity index (χ0) is 0. The SMILES string of the molecule is [Au].[B].[Fe].[Ni].[W]. The van der Waals surface area contributed by atoms with Crippen molar-refractivity contribution in [3.8, 4) is 0 Å². The molecular formula is AuBFeNiW. The van der Waals surface area contributed by atoms with E-state index < -0.39 is 0 Å². The predicted octanol–water partition coefficient (Wildman–Crippen LogP) is -0.391. The van der Waals surface area contributed by atoms with Crippen LogP contribution in [0.4, 0.5) is 0 Å². The summed E-state index contributed by atoms with van der Waals surface area (Å²) in [5, 5.41) is 0. The second-order valence-electron chi connectivity index (χ2n) is 0. The van der Waals surface area contributed by atoms with Crippen LogP contribution in [-0.2, 0) is 77.0 Å². The average Bonchev–Trinajstić information content (AvgIpc) is 0. The fourth-order valence-corrected chi connectivity index (χ4v) is 0. The van der Waals surface area contributed by atoms with Crippen molar-refractivity contribution in [1.29, 1.82) is 0 Å². The maximum absolute atomic E-state index is 0. The van der Waals surface area contributed by atoms with Gasteiger partial charge < -0.3 is 0 Å². The molecule has 0 amide bonds. The minimum atomic E-state index is 0. The molecule has 0 N–H and O–H groups in total. The molecule has 0 saturated heterocycles. The Kier molecular flexibility index (Phi) is 318. The first-order valence-electron chi connectivity index (χ1n) is 0. The molecule has 0 aliphatic carbocycles. The molecule has 0 aliphatic rings. The molecule has 0 aromatic carbocycles. The van der Waals surface area contributed by atoms with Crippen LogP contribution in [0.15, 0.2) is 0 Å². The molecule has 0 aromatic heterocycles. The maximum atomic E-state index is 0. The molecular weight excluding hydrogens is 506 g/mol. The topological polar surface area (TPSA) is 0 Å². The average molecular weight is 506 g/mol. The van der Waals surface area contributed by atoms with E-state index in [0.717, 1.165) is 0 Å². The Morgan fingerprint density at radius 1 is 1.00 bits per heavy atom. The molecule has 5 heavy (non-hydrogen) atoms. The van der Waals surface area contributed by atoms with Crippen LogP contribution in [0.5, 0.6) is 0 Å². The van der Waals surface area contributed by atoms with Crippen LogP contribution in [0, 0.1) is 0 Å². The summed E-state index contributed by atoms with van der Waals surface area (Å²) in [6, 6.07) is 0. The maximum Gasteiger partial charge on any atom is 0 e. The van der Waals surface area contributed by atoms with Crippen molar-refractivity contribution in [3.05, 3.63) is 0 Å². The van der Waals surface area contributed by atoms with Gasteiger partial charge in [-0.3, -0.25) is 0 Å². The van der Waals surface area contributed by atoms with Crippen LogP contribution in [0.2, 0.25) is 0 Å². The molecule has 0 bridgehead atoms. The van der Waals surface area contributed by atoms with Gasteiger partial charge in [0.05, 0.1) is 0 Å². The number of hydrogen-bond donors (Lipinski definition) is 0. The third kappa shape index (κ3) is 21.0. The van der Waals surface area contributed by atoms with E-state index in [4.69, 9.17) is 0 Å². The molecule has 0 atom stereocenters. The molecule has 38 valence electrons. The first kappa shape index (κ1) is 50.6. The van der Waals surface area contributed by atoms with Gasteiger partial charge >= 0.3 is 0 Å². The minimum absolute atomic E-state index is 0. The van der Waals surface area contributed by atoms with E-state index in [9.17, 15) is 0 Å². The summed E-state index contributed by atoms with van der Waals surface area (Å²) < 4.78 is 0. The van der Waals surface area contributed by atoms with Gasteiger partial charge in [-0.2, -0.15) is 0 Å². The van der Waals surface area contributed by atoms with E-state index in [1.165, 1.54) is 0 Å². The van der Waals surface area contributed by atoms with Crippen molar-refractivity contribution >= 4 is 8.41 Å². The standard InChI is InChI=1S/Au.B.Fe.Ni.W. The van der Waals surface area contributed by atoms with Crippen molar-refractivity contribution in [1.82, 2.24) is 0 Å². The second kappa shape index (κ2) is 31.4. The largest absolute Gasteiger partial charge is 0 e. The summed E-state index contributed by atoms with van der Waals surface area (Å²) in [6.07, 6.45) is 0. The summed E-state index contributed by atoms with van der Waals surface area (Å²) in [7, 11) is 0. The summed E-state index contributed by atoms with van der Waals surface area (Å²) in [4.78, 5) is 0. The second-order valence-corrected chi connectivity index (χ2v) is 0. The molecule has 0 saturated carbocycles. The van der Waals surface area contributed by atoms with E-state index in [2.05, 4.69) is 0 Å². The minimum Gasteiger partial charge on any atom is 0 e. The Morgan fingerprint density at radius 3 is 1.00 bits per heavy atom. The summed E-state index contributed by atoms with van der Waals surface area (Å²) in [5.41, 5.74) is 0. The fraction of sp³-hybridized carbons (Fsp3) is 0. The van der Waals surface area contributed by atoms with Gasteiger partial charge in [0.2, 0.25) is 0 Å². The number of rotatable bonds is 0. The van der Waals surface area contributed by atoms with Crippen molar-refractivity contribution in [2.24, 2.45) is 0 Å². The number of hydrogen-bond acceptors (Lipinski definition) is 0. The molecule has 4 radical (unpaired) electrons. The van der Waals surface area contributed by atoms with Crippen LogP contribution in [0.3, 0.4) is 0 Å². The molecule has 0 aliphatic heterocycles. The van der Waals surface area contributed by atoms with Gasteiger partial charge in [-0.05, 0) is 0 Å². The van der Waals surface area contributed by atoms with Crippen LogP contribution >= 0.6 is 0 Å². The van der Waals surface area contributed by atoms with E-state index in [1.807, 2.05) is 0 Å². The van der Waals surface area contributed by atoms with Gasteiger partial charge in [0, 0.05) is 85.4 Å². The quantitative estimate of drug-likeness (QED) is 0.393. The molecule has 5 heteroatoms. The summed E-state index contributed by atoms with van der Waals surface area (Å²) >= 11 is 0. The summed E-state index contributed by atoms with van der Waals surface area (Å²) in [5.74, 6) is 0. The molecule has 0 rings (SSSR count). The Balaban J connectivity index is 0. The van der Waals surface area contributed by atoms with Crippen LogP contribution in [0.25, 0.3) is 0 Å². The molecule has 0 nitrogen and oxygen atoms in total. The zero-order valence-corrected chi connectivity index (χ0v) is 9.15. The zero-order valence-electron chi connectivity index (χ0n) is 1.96. The van der Waals surface area contributed by atoms with Gasteiger partial charge in [-0.15, -0.1) is 0 Å². The first-order valence-corrected chi connectivity index (χ1v) is 0. The van der Waals surface area contributed by atoms with Gasteiger partial charge in [-0.25, -0.2) is 0 Å². The third-order valence-electron chi connectivity index (χ3n) is 0. The molecule has 0 fully saturated rings. The van der Waals surface area contributed by atoms with E-state index >= 15 is 0 Å². The van der Waals surface area contributed by atoms with Crippen LogP contribution in [0.1, 0.15) is 0 Å². The first-order chi connectivity index (χ1) is 0. The fourth-order valence-electron chi connectivity index (χ4n) is 0. The monoisotopic (exact) mass is 506 g/mol. The molecule has 0 unspecified atom stereocenters. The van der Waals surface area contributed by atoms with Crippen LogP contribution < -0.4 is 0 Å². The van der Waals surface area contributed by atoms with E-state index in [0.29, 0.717) is 0 Å². The Labute approximate surface area is 84.4 Å². The normalized spacial score (nSPS) is 0. The van der Waals surface area contributed by atoms with Gasteiger partial charge in [-0.1, -0.05) is 0 Å². The van der Waals surface area contributed by atoms with Gasteiger partial charge in [0.25, 0.3) is 0 Å². The van der Waals surface area contributed by atoms with Crippen LogP contribution in [-0.4, -0.2) is 8.41 Å². The van der Waals surface area contributed by atoms with E-state index in [1.54, 1.807) is 0 Å². The third-order valence-corrected chi connectivity index (χ3v) is 0. The predicted molar refractivity (Wildman–Crippen MR) is 5.75 cm³/mol. The van der Waals surface area contributed by atoms with E-state index in [-0.39, 0.29) is 85.4 Å². The van der Waals surface area contributed by atoms with Gasteiger partial charge in [0.1, 0.15) is 0 Å². The summed E-state index contributed by atoms with van der Waals surface area (Å²) in [6.45, 7) is 0. The van der Waals surface area contributed by atoms with Crippen molar-refractivity contribution in [2.75, 3.05) is 0 Å². The molecule has 0 aromatic rings. The smallest absolute Gasteiger partial charge is 0 e. The molecule has 0 spiro atoms. The Hall–Kier alpha value is 2.51. The molecule has 0 heterocycles. The van der Waals surface area contributed by atoms with Crippen molar-refractivity contribution < 1.29 is 77.0 Å². The Morgan fingerprint density at radius 2 is 1.00 bits per heavy atom.